The number of aliphatic imine (C=N–C) groups is 1. The molecule has 0 saturated carbocycles. The third-order valence-electron chi connectivity index (χ3n) is 1.94. The maximum Gasteiger partial charge on any atom is 0.0701 e. The van der Waals surface area contributed by atoms with Crippen LogP contribution in [0, 0.1) is 0 Å². The Morgan fingerprint density at radius 3 is 2.79 bits per heavy atom. The molecule has 2 nitrogen and oxygen atoms in total. The van der Waals surface area contributed by atoms with Crippen molar-refractivity contribution in [3.8, 4) is 0 Å². The number of nitrogens with zero attached hydrogens (tertiary/aromatic N) is 2. The lowest BCUT2D eigenvalue weighted by atomic mass is 10.0. The van der Waals surface area contributed by atoms with E-state index >= 15 is 0 Å². The molecule has 2 heteroatoms. The number of aromatic nitrogens is 1. The van der Waals surface area contributed by atoms with E-state index in [1.54, 1.807) is 12.4 Å². The van der Waals surface area contributed by atoms with Crippen LogP contribution in [-0.4, -0.2) is 11.7 Å². The molecule has 1 rings (SSSR count). The van der Waals surface area contributed by atoms with E-state index in [1.165, 1.54) is 0 Å². The zero-order valence-electron chi connectivity index (χ0n) is 8.57. The van der Waals surface area contributed by atoms with Gasteiger partial charge in [-0.25, -0.2) is 0 Å². The molecule has 0 bridgehead atoms. The van der Waals surface area contributed by atoms with Crippen molar-refractivity contribution >= 4 is 12.3 Å². The average Bonchev–Trinajstić information content (AvgIpc) is 2.21. The van der Waals surface area contributed by atoms with E-state index in [2.05, 4.69) is 16.7 Å². The molecule has 0 atom stereocenters. The van der Waals surface area contributed by atoms with Crippen LogP contribution in [-0.2, 0) is 0 Å². The lowest BCUT2D eigenvalue weighted by Crippen LogP contribution is -1.89. The van der Waals surface area contributed by atoms with Crippen LogP contribution < -0.4 is 0 Å². The van der Waals surface area contributed by atoms with Gasteiger partial charge < -0.3 is 0 Å². The van der Waals surface area contributed by atoms with Gasteiger partial charge in [-0.3, -0.25) is 9.98 Å². The molecule has 1 aromatic rings. The lowest BCUT2D eigenvalue weighted by molar-refractivity contribution is 1.26. The van der Waals surface area contributed by atoms with Gasteiger partial charge in [0.25, 0.3) is 0 Å². The van der Waals surface area contributed by atoms with Crippen molar-refractivity contribution in [2.75, 3.05) is 0 Å². The van der Waals surface area contributed by atoms with Gasteiger partial charge in [0.1, 0.15) is 0 Å². The van der Waals surface area contributed by atoms with E-state index in [0.29, 0.717) is 0 Å². The van der Waals surface area contributed by atoms with Gasteiger partial charge in [-0.15, -0.1) is 0 Å². The molecule has 0 aliphatic carbocycles. The zero-order valence-corrected chi connectivity index (χ0v) is 8.57. The molecule has 14 heavy (non-hydrogen) atoms. The summed E-state index contributed by atoms with van der Waals surface area (Å²) in [5.41, 5.74) is 3.13. The quantitative estimate of drug-likeness (QED) is 0.526. The number of hydrogen-bond donors (Lipinski definition) is 0. The molecule has 0 radical (unpaired) electrons. The summed E-state index contributed by atoms with van der Waals surface area (Å²) in [6.45, 7) is 7.43. The molecule has 0 amide bonds. The smallest absolute Gasteiger partial charge is 0.0701 e. The second-order valence-corrected chi connectivity index (χ2v) is 2.91. The second kappa shape index (κ2) is 5.12. The van der Waals surface area contributed by atoms with E-state index in [4.69, 9.17) is 0 Å². The standard InChI is InChI=1S/C12H14N2/c1-4-11(10(2)9-13-3)12-7-5-6-8-14-12/h4-9H,3H2,1-2H3/b10-9-,11-4+. The summed E-state index contributed by atoms with van der Waals surface area (Å²) in [6, 6.07) is 5.86. The van der Waals surface area contributed by atoms with E-state index < -0.39 is 0 Å². The van der Waals surface area contributed by atoms with Crippen molar-refractivity contribution in [2.24, 2.45) is 4.99 Å². The first-order chi connectivity index (χ1) is 6.79. The molecule has 0 N–H and O–H groups in total. The largest absolute Gasteiger partial charge is 0.272 e. The van der Waals surface area contributed by atoms with Gasteiger partial charge in [-0.05, 0) is 38.3 Å². The molecule has 0 aromatic carbocycles. The van der Waals surface area contributed by atoms with Gasteiger partial charge in [0.15, 0.2) is 0 Å². The maximum absolute atomic E-state index is 4.28. The summed E-state index contributed by atoms with van der Waals surface area (Å²) in [6.07, 6.45) is 5.55. The Kier molecular flexibility index (Phi) is 3.80. The third-order valence-corrected chi connectivity index (χ3v) is 1.94. The van der Waals surface area contributed by atoms with Crippen LogP contribution in [0.1, 0.15) is 19.5 Å². The van der Waals surface area contributed by atoms with Crippen molar-refractivity contribution in [3.05, 3.63) is 47.9 Å². The number of rotatable bonds is 3. The topological polar surface area (TPSA) is 25.2 Å². The molecular formula is C12H14N2. The maximum atomic E-state index is 4.28. The fourth-order valence-corrected chi connectivity index (χ4v) is 1.31. The van der Waals surface area contributed by atoms with Crippen LogP contribution in [0.2, 0.25) is 0 Å². The molecule has 1 heterocycles. The summed E-state index contributed by atoms with van der Waals surface area (Å²) in [5, 5.41) is 0. The molecule has 72 valence electrons. The van der Waals surface area contributed by atoms with Crippen molar-refractivity contribution in [3.63, 3.8) is 0 Å². The van der Waals surface area contributed by atoms with Gasteiger partial charge >= 0.3 is 0 Å². The van der Waals surface area contributed by atoms with E-state index in [1.807, 2.05) is 38.1 Å². The Labute approximate surface area is 84.7 Å². The van der Waals surface area contributed by atoms with Crippen LogP contribution in [0.15, 0.2) is 47.2 Å². The molecule has 0 unspecified atom stereocenters. The Morgan fingerprint density at radius 1 is 1.50 bits per heavy atom. The summed E-state index contributed by atoms with van der Waals surface area (Å²) in [5.74, 6) is 0. The van der Waals surface area contributed by atoms with Crippen molar-refractivity contribution in [2.45, 2.75) is 13.8 Å². The van der Waals surface area contributed by atoms with Gasteiger partial charge in [0.05, 0.1) is 5.69 Å². The predicted octanol–water partition coefficient (Wildman–Crippen LogP) is 3.09. The van der Waals surface area contributed by atoms with Gasteiger partial charge in [-0.1, -0.05) is 12.1 Å². The summed E-state index contributed by atoms with van der Waals surface area (Å²) >= 11 is 0. The van der Waals surface area contributed by atoms with Crippen LogP contribution >= 0.6 is 0 Å². The number of pyridine rings is 1. The highest BCUT2D eigenvalue weighted by molar-refractivity contribution is 5.76. The van der Waals surface area contributed by atoms with Crippen LogP contribution in [0.25, 0.3) is 5.57 Å². The highest BCUT2D eigenvalue weighted by atomic mass is 14.7. The molecule has 0 spiro atoms. The Morgan fingerprint density at radius 2 is 2.29 bits per heavy atom. The van der Waals surface area contributed by atoms with Gasteiger partial charge in [-0.2, -0.15) is 0 Å². The molecule has 0 fully saturated rings. The monoisotopic (exact) mass is 186 g/mol. The summed E-state index contributed by atoms with van der Waals surface area (Å²) in [7, 11) is 0. The first-order valence-electron chi connectivity index (χ1n) is 4.50. The second-order valence-electron chi connectivity index (χ2n) is 2.91. The fourth-order valence-electron chi connectivity index (χ4n) is 1.31. The average molecular weight is 186 g/mol. The Bertz CT molecular complexity index is 361. The van der Waals surface area contributed by atoms with Crippen LogP contribution in [0.5, 0.6) is 0 Å². The van der Waals surface area contributed by atoms with Gasteiger partial charge in [0.2, 0.25) is 0 Å². The number of hydrogen-bond acceptors (Lipinski definition) is 2. The zero-order chi connectivity index (χ0) is 10.4. The summed E-state index contributed by atoms with van der Waals surface area (Å²) in [4.78, 5) is 8.03. The minimum absolute atomic E-state index is 0.965. The lowest BCUT2D eigenvalue weighted by Gasteiger charge is -2.05. The highest BCUT2D eigenvalue weighted by Gasteiger charge is 2.02. The normalized spacial score (nSPS) is 12.7. The van der Waals surface area contributed by atoms with Crippen molar-refractivity contribution < 1.29 is 0 Å². The van der Waals surface area contributed by atoms with Crippen LogP contribution in [0.4, 0.5) is 0 Å². The minimum atomic E-state index is 0.965. The first-order valence-corrected chi connectivity index (χ1v) is 4.50. The minimum Gasteiger partial charge on any atom is -0.272 e. The van der Waals surface area contributed by atoms with E-state index in [-0.39, 0.29) is 0 Å². The van der Waals surface area contributed by atoms with Crippen LogP contribution in [0.3, 0.4) is 0 Å². The van der Waals surface area contributed by atoms with Crippen molar-refractivity contribution in [1.82, 2.24) is 4.98 Å². The van der Waals surface area contributed by atoms with Gasteiger partial charge in [0, 0.05) is 18.0 Å². The Hall–Kier alpha value is -1.70. The SMILES string of the molecule is C=N/C=C(C)\C(=C/C)c1ccccn1. The molecule has 0 saturated heterocycles. The summed E-state index contributed by atoms with van der Waals surface area (Å²) < 4.78 is 0. The van der Waals surface area contributed by atoms with E-state index in [0.717, 1.165) is 16.8 Å². The van der Waals surface area contributed by atoms with E-state index in [9.17, 15) is 0 Å². The predicted molar refractivity (Wildman–Crippen MR) is 61.2 cm³/mol. The first kappa shape index (κ1) is 10.4. The number of allylic oxidation sites excluding steroid dienone is 3. The molecule has 0 aliphatic heterocycles. The van der Waals surface area contributed by atoms with Crippen molar-refractivity contribution in [1.29, 1.82) is 0 Å². The molecular weight excluding hydrogens is 172 g/mol. The third kappa shape index (κ3) is 2.39. The fraction of sp³-hybridized carbons (Fsp3) is 0.167. The Balaban J connectivity index is 3.07. The molecule has 1 aromatic heterocycles. The highest BCUT2D eigenvalue weighted by Crippen LogP contribution is 2.20. The molecule has 0 aliphatic rings.